The van der Waals surface area contributed by atoms with E-state index in [9.17, 15) is 5.26 Å². The molecule has 124 valence electrons. The van der Waals surface area contributed by atoms with E-state index in [0.29, 0.717) is 12.5 Å². The molecule has 0 aliphatic carbocycles. The van der Waals surface area contributed by atoms with Crippen LogP contribution in [0.25, 0.3) is 0 Å². The lowest BCUT2D eigenvalue weighted by molar-refractivity contribution is -0.380. The summed E-state index contributed by atoms with van der Waals surface area (Å²) in [5.74, 6) is 1.43. The molecule has 1 aromatic rings. The lowest BCUT2D eigenvalue weighted by Crippen LogP contribution is -2.40. The Labute approximate surface area is 139 Å². The third-order valence-electron chi connectivity index (χ3n) is 5.05. The fourth-order valence-electron chi connectivity index (χ4n) is 3.79. The predicted octanol–water partition coefficient (Wildman–Crippen LogP) is 3.34. The van der Waals surface area contributed by atoms with Crippen LogP contribution in [-0.4, -0.2) is 18.7 Å². The van der Waals surface area contributed by atoms with E-state index in [1.54, 1.807) is 0 Å². The molecule has 0 saturated carbocycles. The summed E-state index contributed by atoms with van der Waals surface area (Å²) in [7, 11) is 0. The van der Waals surface area contributed by atoms with Gasteiger partial charge in [0.2, 0.25) is 0 Å². The first-order chi connectivity index (χ1) is 10.9. The number of hydrogen-bond acceptors (Lipinski definition) is 3. The molecular weight excluding hydrogens is 286 g/mol. The highest BCUT2D eigenvalue weighted by molar-refractivity contribution is 5.58. The highest BCUT2D eigenvalue weighted by atomic mass is 16.5. The molecule has 1 aromatic heterocycles. The van der Waals surface area contributed by atoms with Gasteiger partial charge in [-0.25, -0.2) is 4.98 Å². The molecule has 1 fully saturated rings. The quantitative estimate of drug-likeness (QED) is 0.841. The zero-order chi connectivity index (χ0) is 16.6. The average Bonchev–Trinajstić information content (AvgIpc) is 2.53. The summed E-state index contributed by atoms with van der Waals surface area (Å²) >= 11 is 0. The normalized spacial score (nSPS) is 20.3. The molecule has 0 atom stereocenters. The molecule has 4 heteroatoms. The number of nitrogens with zero attached hydrogens (tertiary/aromatic N) is 2. The molecule has 23 heavy (non-hydrogen) atoms. The van der Waals surface area contributed by atoms with E-state index in [4.69, 9.17) is 4.74 Å². The number of H-pyrrole nitrogens is 1. The van der Waals surface area contributed by atoms with Crippen molar-refractivity contribution in [3.63, 3.8) is 0 Å². The van der Waals surface area contributed by atoms with Crippen LogP contribution in [0.5, 0.6) is 0 Å². The number of pyridine rings is 1. The van der Waals surface area contributed by atoms with E-state index in [0.717, 1.165) is 30.9 Å². The van der Waals surface area contributed by atoms with Crippen LogP contribution < -0.4 is 9.88 Å². The number of piperidine rings is 1. The van der Waals surface area contributed by atoms with Crippen molar-refractivity contribution in [1.29, 1.82) is 5.26 Å². The third-order valence-corrected chi connectivity index (χ3v) is 5.05. The van der Waals surface area contributed by atoms with Crippen molar-refractivity contribution in [3.8, 4) is 6.07 Å². The van der Waals surface area contributed by atoms with Crippen molar-refractivity contribution >= 4 is 5.82 Å². The first-order valence-corrected chi connectivity index (χ1v) is 8.83. The summed E-state index contributed by atoms with van der Waals surface area (Å²) in [5.41, 5.74) is 4.27. The van der Waals surface area contributed by atoms with Crippen molar-refractivity contribution in [2.45, 2.75) is 71.5 Å². The molecule has 2 aliphatic rings. The molecular formula is C19H28N3O+. The number of aromatic amines is 1. The minimum atomic E-state index is -0.201. The van der Waals surface area contributed by atoms with Crippen molar-refractivity contribution in [3.05, 3.63) is 22.4 Å². The zero-order valence-electron chi connectivity index (χ0n) is 14.8. The smallest absolute Gasteiger partial charge is 0.293 e. The van der Waals surface area contributed by atoms with Gasteiger partial charge in [0.25, 0.3) is 5.82 Å². The van der Waals surface area contributed by atoms with Crippen molar-refractivity contribution in [2.75, 3.05) is 18.0 Å². The largest absolute Gasteiger partial charge is 0.370 e. The minimum Gasteiger partial charge on any atom is -0.370 e. The summed E-state index contributed by atoms with van der Waals surface area (Å²) in [4.78, 5) is 5.98. The Morgan fingerprint density at radius 1 is 1.17 bits per heavy atom. The standard InChI is InChI=1S/C19H27N3O/c1-13(2)17-16-12-23-19(3,4)10-14(16)15(11-20)18(21-17)22-8-6-5-7-9-22/h13H,5-10,12H2,1-4H3/p+1. The molecule has 3 heterocycles. The Bertz CT molecular complexity index is 637. The maximum Gasteiger partial charge on any atom is 0.293 e. The molecule has 0 amide bonds. The monoisotopic (exact) mass is 314 g/mol. The second kappa shape index (κ2) is 6.13. The van der Waals surface area contributed by atoms with Crippen LogP contribution in [0.15, 0.2) is 0 Å². The second-order valence-electron chi connectivity index (χ2n) is 7.76. The van der Waals surface area contributed by atoms with E-state index in [-0.39, 0.29) is 5.60 Å². The number of fused-ring (bicyclic) bond motifs is 1. The molecule has 1 N–H and O–H groups in total. The van der Waals surface area contributed by atoms with Crippen LogP contribution in [0.4, 0.5) is 5.82 Å². The Kier molecular flexibility index (Phi) is 4.33. The van der Waals surface area contributed by atoms with Crippen LogP contribution in [0.1, 0.15) is 75.3 Å². The van der Waals surface area contributed by atoms with Crippen molar-refractivity contribution < 1.29 is 9.72 Å². The average molecular weight is 314 g/mol. The van der Waals surface area contributed by atoms with Gasteiger partial charge >= 0.3 is 0 Å². The number of rotatable bonds is 2. The van der Waals surface area contributed by atoms with Gasteiger partial charge in [0.1, 0.15) is 17.3 Å². The maximum absolute atomic E-state index is 9.87. The first kappa shape index (κ1) is 16.3. The Hall–Kier alpha value is -1.60. The van der Waals surface area contributed by atoms with E-state index >= 15 is 0 Å². The van der Waals surface area contributed by atoms with Gasteiger partial charge in [-0.3, -0.25) is 4.90 Å². The van der Waals surface area contributed by atoms with Gasteiger partial charge in [0.05, 0.1) is 25.3 Å². The molecule has 4 nitrogen and oxygen atoms in total. The molecule has 1 saturated heterocycles. The number of hydrogen-bond donors (Lipinski definition) is 0. The molecule has 0 bridgehead atoms. The van der Waals surface area contributed by atoms with Gasteiger partial charge < -0.3 is 4.74 Å². The van der Waals surface area contributed by atoms with Crippen molar-refractivity contribution in [1.82, 2.24) is 0 Å². The zero-order valence-corrected chi connectivity index (χ0v) is 14.8. The third kappa shape index (κ3) is 3.07. The van der Waals surface area contributed by atoms with Gasteiger partial charge in [-0.1, -0.05) is 13.8 Å². The second-order valence-corrected chi connectivity index (χ2v) is 7.76. The van der Waals surface area contributed by atoms with Gasteiger partial charge in [0, 0.05) is 17.9 Å². The topological polar surface area (TPSA) is 50.4 Å². The first-order valence-electron chi connectivity index (χ1n) is 8.83. The van der Waals surface area contributed by atoms with Gasteiger partial charge in [-0.2, -0.15) is 5.26 Å². The van der Waals surface area contributed by atoms with Crippen LogP contribution >= 0.6 is 0 Å². The van der Waals surface area contributed by atoms with Crippen LogP contribution in [0.2, 0.25) is 0 Å². The maximum atomic E-state index is 9.87. The van der Waals surface area contributed by atoms with E-state index in [1.807, 2.05) is 0 Å². The fraction of sp³-hybridized carbons (Fsp3) is 0.684. The van der Waals surface area contributed by atoms with E-state index < -0.39 is 0 Å². The van der Waals surface area contributed by atoms with Crippen LogP contribution in [0, 0.1) is 11.3 Å². The molecule has 3 rings (SSSR count). The summed E-state index contributed by atoms with van der Waals surface area (Å²) in [6.07, 6.45) is 4.52. The number of nitrogens with one attached hydrogen (secondary N) is 1. The summed E-state index contributed by atoms with van der Waals surface area (Å²) in [5, 5.41) is 9.87. The molecule has 0 radical (unpaired) electrons. The number of aromatic nitrogens is 1. The fourth-order valence-corrected chi connectivity index (χ4v) is 3.79. The van der Waals surface area contributed by atoms with Gasteiger partial charge in [-0.15, -0.1) is 0 Å². The van der Waals surface area contributed by atoms with Crippen LogP contribution in [0.3, 0.4) is 0 Å². The summed E-state index contributed by atoms with van der Waals surface area (Å²) < 4.78 is 6.02. The molecule has 2 aliphatic heterocycles. The number of anilines is 1. The van der Waals surface area contributed by atoms with Gasteiger partial charge in [-0.05, 0) is 38.7 Å². The summed E-state index contributed by atoms with van der Waals surface area (Å²) in [6.45, 7) is 11.3. The lowest BCUT2D eigenvalue weighted by atomic mass is 9.86. The predicted molar refractivity (Wildman–Crippen MR) is 90.4 cm³/mol. The Balaban J connectivity index is 2.16. The highest BCUT2D eigenvalue weighted by Gasteiger charge is 2.36. The summed E-state index contributed by atoms with van der Waals surface area (Å²) in [6, 6.07) is 2.50. The van der Waals surface area contributed by atoms with Crippen molar-refractivity contribution in [2.24, 2.45) is 0 Å². The van der Waals surface area contributed by atoms with E-state index in [2.05, 4.69) is 43.6 Å². The van der Waals surface area contributed by atoms with E-state index in [1.165, 1.54) is 36.1 Å². The SMILES string of the molecule is CC(C)c1[nH+]c(N2CCCCC2)c(C#N)c2c1COC(C)(C)C2. The lowest BCUT2D eigenvalue weighted by Gasteiger charge is -2.34. The minimum absolute atomic E-state index is 0.201. The highest BCUT2D eigenvalue weighted by Crippen LogP contribution is 2.36. The van der Waals surface area contributed by atoms with Crippen LogP contribution in [-0.2, 0) is 17.8 Å². The Morgan fingerprint density at radius 2 is 1.87 bits per heavy atom. The molecule has 0 spiro atoms. The van der Waals surface area contributed by atoms with Gasteiger partial charge in [0.15, 0.2) is 0 Å². The Morgan fingerprint density at radius 3 is 2.48 bits per heavy atom. The molecule has 0 unspecified atom stereocenters. The molecule has 0 aromatic carbocycles. The number of ether oxygens (including phenoxy) is 1. The number of nitriles is 1.